The van der Waals surface area contributed by atoms with E-state index in [4.69, 9.17) is 42.7 Å². The van der Waals surface area contributed by atoms with Crippen molar-refractivity contribution < 1.29 is 82.6 Å². The Morgan fingerprint density at radius 3 is 2.27 bits per heavy atom. The molecule has 0 saturated carbocycles. The van der Waals surface area contributed by atoms with Gasteiger partial charge in [0.1, 0.15) is 35.0 Å². The third kappa shape index (κ3) is 16.0. The fourth-order valence-corrected chi connectivity index (χ4v) is 11.8. The van der Waals surface area contributed by atoms with Crippen LogP contribution in [-0.2, 0) is 53.9 Å². The number of rotatable bonds is 19. The number of ether oxygens (including phenoxy) is 8. The van der Waals surface area contributed by atoms with E-state index in [0.717, 1.165) is 5.56 Å². The number of oxime groups is 1. The van der Waals surface area contributed by atoms with E-state index in [1.165, 1.54) is 27.2 Å². The first kappa shape index (κ1) is 66.8. The van der Waals surface area contributed by atoms with Crippen LogP contribution in [0, 0.1) is 35.0 Å². The van der Waals surface area contributed by atoms with Crippen molar-refractivity contribution in [2.75, 3.05) is 66.7 Å². The number of alkyl carbamates (subject to hydrolysis) is 1. The number of cyclic esters (lactones) is 1. The van der Waals surface area contributed by atoms with Crippen LogP contribution in [0.2, 0.25) is 0 Å². The highest BCUT2D eigenvalue weighted by atomic mass is 16.7. The molecule has 5 rings (SSSR count). The highest BCUT2D eigenvalue weighted by molar-refractivity contribution is 5.93. The lowest BCUT2D eigenvalue weighted by Crippen LogP contribution is -2.61. The summed E-state index contributed by atoms with van der Waals surface area (Å²) in [7, 11) is 8.62. The van der Waals surface area contributed by atoms with Gasteiger partial charge in [0, 0.05) is 76.2 Å². The molecular weight excluding hydrogens is 1060 g/mol. The average molecular weight is 1150 g/mol. The molecule has 0 radical (unpaired) electrons. The third-order valence-electron chi connectivity index (χ3n) is 16.3. The first-order valence-corrected chi connectivity index (χ1v) is 28.0. The Morgan fingerprint density at radius 2 is 1.65 bits per heavy atom. The number of esters is 1. The van der Waals surface area contributed by atoms with E-state index in [9.17, 15) is 50.0 Å². The summed E-state index contributed by atoms with van der Waals surface area (Å²) in [5, 5.41) is 76.5. The molecule has 0 unspecified atom stereocenters. The predicted octanol–water partition coefficient (Wildman–Crippen LogP) is 3.71. The smallest absolute Gasteiger partial charge is 0.407 e. The number of pyridine rings is 1. The van der Waals surface area contributed by atoms with Gasteiger partial charge in [0.15, 0.2) is 18.7 Å². The first-order valence-electron chi connectivity index (χ1n) is 28.0. The molecule has 1 aromatic heterocycles. The van der Waals surface area contributed by atoms with Crippen LogP contribution < -0.4 is 15.8 Å². The predicted molar refractivity (Wildman–Crippen MR) is 297 cm³/mol. The number of amides is 1. The van der Waals surface area contributed by atoms with Gasteiger partial charge in [0.2, 0.25) is 12.0 Å². The number of likely N-dealkylation sites (N-methyl/N-ethyl adjacent to an activating group) is 1. The molecule has 0 spiro atoms. The second-order valence-electron chi connectivity index (χ2n) is 23.3. The lowest BCUT2D eigenvalue weighted by atomic mass is 9.73. The number of methoxy groups -OCH3 is 1. The number of fused-ring (bicyclic) bond motifs is 1. The van der Waals surface area contributed by atoms with Crippen molar-refractivity contribution in [2.45, 2.75) is 192 Å². The van der Waals surface area contributed by atoms with E-state index in [1.807, 2.05) is 38.1 Å². The number of aryl methyl sites for hydroxylation is 1. The maximum absolute atomic E-state index is 14.6. The molecule has 0 bridgehead atoms. The van der Waals surface area contributed by atoms with E-state index < -0.39 is 132 Å². The fourth-order valence-electron chi connectivity index (χ4n) is 11.8. The van der Waals surface area contributed by atoms with Gasteiger partial charge in [0.05, 0.1) is 59.9 Å². The second kappa shape index (κ2) is 28.5. The van der Waals surface area contributed by atoms with Gasteiger partial charge in [-0.25, -0.2) is 9.59 Å². The number of nitrogens with one attached hydrogen (secondary N) is 1. The summed E-state index contributed by atoms with van der Waals surface area (Å²) in [4.78, 5) is 60.1. The molecule has 0 aliphatic carbocycles. The largest absolute Gasteiger partial charge is 0.477 e. The van der Waals surface area contributed by atoms with Crippen LogP contribution in [-0.4, -0.2) is 205 Å². The number of benzene rings is 1. The van der Waals surface area contributed by atoms with Gasteiger partial charge in [0.25, 0.3) is 0 Å². The minimum Gasteiger partial charge on any atom is -0.477 e. The monoisotopic (exact) mass is 1150 g/mol. The second-order valence-corrected chi connectivity index (χ2v) is 23.3. The van der Waals surface area contributed by atoms with Crippen LogP contribution in [0.15, 0.2) is 34.3 Å². The number of hydrogen-bond donors (Lipinski definition) is 6. The van der Waals surface area contributed by atoms with Crippen molar-refractivity contribution in [3.63, 3.8) is 0 Å². The topological polar surface area (TPSA) is 312 Å². The third-order valence-corrected chi connectivity index (χ3v) is 16.3. The van der Waals surface area contributed by atoms with E-state index in [2.05, 4.69) is 10.5 Å². The number of aliphatic hydroxyl groups excluding tert-OH is 2. The number of carbonyl (C=O) groups is 3. The van der Waals surface area contributed by atoms with Gasteiger partial charge < -0.3 is 83.5 Å². The molecule has 456 valence electrons. The Kier molecular flexibility index (Phi) is 23.5. The number of nitriles is 1. The molecule has 4 heterocycles. The number of aromatic nitrogens is 1. The fraction of sp³-hybridized carbons (Fsp3) is 0.754. The molecular formula is C57H90N6O18. The molecule has 1 amide bonds. The number of nitrogens with zero attached hydrogens (tertiary/aromatic N) is 5. The highest BCUT2D eigenvalue weighted by Gasteiger charge is 2.54. The normalized spacial score (nSPS) is 35.9. The summed E-state index contributed by atoms with van der Waals surface area (Å²) in [5.74, 6) is -5.92. The van der Waals surface area contributed by atoms with Crippen LogP contribution in [0.3, 0.4) is 0 Å². The number of carboxylic acids is 1. The zero-order valence-corrected chi connectivity index (χ0v) is 49.8. The Morgan fingerprint density at radius 1 is 0.963 bits per heavy atom. The van der Waals surface area contributed by atoms with Gasteiger partial charge in [-0.1, -0.05) is 38.9 Å². The number of carboxylic acid groups (broad SMARTS) is 1. The standard InChI is InChI=1S/C57H90N6O18/c1-16-42-57(10,72)48(66)33(4)44(60-75-24-21-58)31(2)28-55(8,71)49(80-53-46(65)41(61(11)12)26-32(3)76-53)34(5)47(35(6)52(69)78-42)79-43-29-56(9,73-15)50(36(7)77-43)81-54(70)59-22-25-74-23-17-18-37-19-20-40-38(27-37)45(64)39(51(67)68)30-63(40)62(13)14/h19-20,27,30-36,41-43,46-50,53,65-66,71-72H,16-18,22-26,28-29H2,1-15H3,(H,59,70)(H,67,68)/b60-44+/t31-,32-,33+,34+,35-,36+,41+,42-,43+,46-,47+,48-,49-,50+,53+,55-,56-,57-/m1/s1. The highest BCUT2D eigenvalue weighted by Crippen LogP contribution is 2.42. The first-order chi connectivity index (χ1) is 37.9. The molecule has 6 N–H and O–H groups in total. The maximum atomic E-state index is 14.6. The van der Waals surface area contributed by atoms with E-state index in [-0.39, 0.29) is 49.8 Å². The van der Waals surface area contributed by atoms with Crippen molar-refractivity contribution in [3.05, 3.63) is 45.7 Å². The summed E-state index contributed by atoms with van der Waals surface area (Å²) in [6.45, 7) is 16.7. The van der Waals surface area contributed by atoms with Crippen molar-refractivity contribution in [1.82, 2.24) is 14.9 Å². The SMILES string of the molecule is CC[C@H]1OC(=O)[C@H](C)[C@@H](O[C@H]2C[C@@](C)(OC)[C@@H](OC(=O)NCCOCCCc3ccc4c(c3)c(=O)c(C(=O)O)cn4N(C)C)[C@H](C)O2)[C@H](C)[C@@H](O[C@@H]2O[C@H](C)C[C@H](N(C)C)[C@H]2O)[C@](C)(O)C[C@@H](C)/C(=N\OCC#N)[C@H](C)[C@@H](O)[C@]1(C)O. The Bertz CT molecular complexity index is 2570. The molecule has 2 aromatic rings. The summed E-state index contributed by atoms with van der Waals surface area (Å²) >= 11 is 0. The van der Waals surface area contributed by atoms with Gasteiger partial charge in [-0.15, -0.1) is 0 Å². The molecule has 3 saturated heterocycles. The van der Waals surface area contributed by atoms with E-state index in [1.54, 1.807) is 84.4 Å². The van der Waals surface area contributed by atoms with Gasteiger partial charge >= 0.3 is 18.0 Å². The molecule has 18 atom stereocenters. The lowest BCUT2D eigenvalue weighted by molar-refractivity contribution is -0.317. The van der Waals surface area contributed by atoms with E-state index in [0.29, 0.717) is 36.8 Å². The Balaban J connectivity index is 1.35. The van der Waals surface area contributed by atoms with Crippen molar-refractivity contribution >= 4 is 34.6 Å². The summed E-state index contributed by atoms with van der Waals surface area (Å²) in [6, 6.07) is 6.84. The molecule has 3 aliphatic rings. The minimum atomic E-state index is -2.05. The van der Waals surface area contributed by atoms with Gasteiger partial charge in [-0.05, 0) is 105 Å². The summed E-state index contributed by atoms with van der Waals surface area (Å²) < 4.78 is 51.9. The quantitative estimate of drug-likeness (QED) is 0.0663. The molecule has 24 heteroatoms. The minimum absolute atomic E-state index is 0.0338. The maximum Gasteiger partial charge on any atom is 0.407 e. The number of aliphatic hydroxyl groups is 4. The Hall–Kier alpha value is -5.04. The van der Waals surface area contributed by atoms with Crippen LogP contribution in [0.4, 0.5) is 4.79 Å². The molecule has 3 fully saturated rings. The van der Waals surface area contributed by atoms with Gasteiger partial charge in [-0.3, -0.25) is 14.3 Å². The Labute approximate surface area is 475 Å². The van der Waals surface area contributed by atoms with Crippen LogP contribution in [0.5, 0.6) is 0 Å². The molecule has 81 heavy (non-hydrogen) atoms. The molecule has 3 aliphatic heterocycles. The van der Waals surface area contributed by atoms with Crippen molar-refractivity contribution in [2.24, 2.45) is 28.8 Å². The zero-order chi connectivity index (χ0) is 60.5. The van der Waals surface area contributed by atoms with Crippen LogP contribution in [0.1, 0.15) is 117 Å². The van der Waals surface area contributed by atoms with Crippen molar-refractivity contribution in [3.8, 4) is 6.07 Å². The van der Waals surface area contributed by atoms with Gasteiger partial charge in [-0.2, -0.15) is 5.26 Å². The lowest BCUT2D eigenvalue weighted by Gasteiger charge is -2.49. The van der Waals surface area contributed by atoms with Crippen LogP contribution >= 0.6 is 0 Å². The molecule has 1 aromatic carbocycles. The summed E-state index contributed by atoms with van der Waals surface area (Å²) in [6.07, 6.45) is -9.08. The number of carbonyl (C=O) groups excluding carboxylic acids is 2. The number of hydrogen-bond acceptors (Lipinski definition) is 21. The van der Waals surface area contributed by atoms with Crippen molar-refractivity contribution in [1.29, 1.82) is 5.26 Å². The average Bonchev–Trinajstić information content (AvgIpc) is 3.40. The molecule has 24 nitrogen and oxygen atoms in total. The number of aromatic carboxylic acids is 1. The summed E-state index contributed by atoms with van der Waals surface area (Å²) in [5.41, 5.74) is -4.44. The zero-order valence-electron chi connectivity index (χ0n) is 49.8. The van der Waals surface area contributed by atoms with Crippen LogP contribution in [0.25, 0.3) is 10.9 Å². The van der Waals surface area contributed by atoms with E-state index >= 15 is 0 Å².